The number of rotatable bonds is 4. The van der Waals surface area contributed by atoms with Gasteiger partial charge in [0.05, 0.1) is 11.6 Å². The molecule has 21 heavy (non-hydrogen) atoms. The van der Waals surface area contributed by atoms with Crippen molar-refractivity contribution >= 4 is 31.3 Å². The second-order valence-electron chi connectivity index (χ2n) is 6.12. The Hall–Kier alpha value is -2.07. The lowest BCUT2D eigenvalue weighted by molar-refractivity contribution is 0.322. The Morgan fingerprint density at radius 2 is 1.86 bits per heavy atom. The van der Waals surface area contributed by atoms with Crippen molar-refractivity contribution in [3.8, 4) is 0 Å². The van der Waals surface area contributed by atoms with E-state index in [9.17, 15) is 0 Å². The highest BCUT2D eigenvalue weighted by molar-refractivity contribution is 6.87. The van der Waals surface area contributed by atoms with E-state index in [1.54, 1.807) is 0 Å². The molecule has 0 saturated heterocycles. The Bertz CT molecular complexity index is 664. The summed E-state index contributed by atoms with van der Waals surface area (Å²) in [6, 6.07) is 11.9. The SMILES string of the molecule is Cc1cc([Si](C)(C)C)oc1/C=C(\C=N\O)c1ccccc1. The Labute approximate surface area is 126 Å². The van der Waals surface area contributed by atoms with Crippen LogP contribution in [0.15, 0.2) is 46.0 Å². The van der Waals surface area contributed by atoms with Gasteiger partial charge in [-0.2, -0.15) is 0 Å². The van der Waals surface area contributed by atoms with Gasteiger partial charge in [0.2, 0.25) is 0 Å². The fourth-order valence-electron chi connectivity index (χ4n) is 2.04. The molecular weight excluding hydrogens is 278 g/mol. The van der Waals surface area contributed by atoms with Crippen molar-refractivity contribution in [1.29, 1.82) is 0 Å². The first-order valence-electron chi connectivity index (χ1n) is 6.97. The summed E-state index contributed by atoms with van der Waals surface area (Å²) in [7, 11) is -1.47. The molecule has 0 unspecified atom stereocenters. The average Bonchev–Trinajstić information content (AvgIpc) is 2.81. The zero-order chi connectivity index (χ0) is 15.5. The van der Waals surface area contributed by atoms with Crippen LogP contribution in [0.2, 0.25) is 19.6 Å². The van der Waals surface area contributed by atoms with Gasteiger partial charge in [-0.3, -0.25) is 0 Å². The standard InChI is InChI=1S/C17H21NO2Si/c1-13-10-17(21(2,3)4)20-16(13)11-15(12-18-19)14-8-6-5-7-9-14/h5-12,19H,1-4H3/b15-11+,18-12+. The van der Waals surface area contributed by atoms with Crippen molar-refractivity contribution < 1.29 is 9.62 Å². The zero-order valence-corrected chi connectivity index (χ0v) is 13.9. The number of benzene rings is 1. The number of oxime groups is 1. The first-order chi connectivity index (χ1) is 9.91. The van der Waals surface area contributed by atoms with Crippen LogP contribution in [-0.4, -0.2) is 19.5 Å². The summed E-state index contributed by atoms with van der Waals surface area (Å²) in [6.45, 7) is 8.81. The summed E-state index contributed by atoms with van der Waals surface area (Å²) < 4.78 is 6.02. The average molecular weight is 299 g/mol. The molecule has 0 amide bonds. The molecule has 2 rings (SSSR count). The van der Waals surface area contributed by atoms with E-state index in [-0.39, 0.29) is 0 Å². The maximum absolute atomic E-state index is 8.88. The number of allylic oxidation sites excluding steroid dienone is 1. The third-order valence-electron chi connectivity index (χ3n) is 3.29. The smallest absolute Gasteiger partial charge is 0.129 e. The van der Waals surface area contributed by atoms with Gasteiger partial charge in [0, 0.05) is 5.57 Å². The van der Waals surface area contributed by atoms with Crippen molar-refractivity contribution in [2.24, 2.45) is 5.16 Å². The van der Waals surface area contributed by atoms with Crippen LogP contribution in [0.5, 0.6) is 0 Å². The van der Waals surface area contributed by atoms with Crippen molar-refractivity contribution in [3.05, 3.63) is 53.3 Å². The van der Waals surface area contributed by atoms with Crippen LogP contribution < -0.4 is 5.38 Å². The molecular formula is C17H21NO2Si. The molecule has 3 nitrogen and oxygen atoms in total. The number of hydrogen-bond donors (Lipinski definition) is 1. The molecule has 4 heteroatoms. The van der Waals surface area contributed by atoms with E-state index in [2.05, 4.69) is 30.9 Å². The van der Waals surface area contributed by atoms with Crippen molar-refractivity contribution in [2.75, 3.05) is 0 Å². The zero-order valence-electron chi connectivity index (χ0n) is 12.9. The lowest BCUT2D eigenvalue weighted by atomic mass is 10.1. The molecule has 0 radical (unpaired) electrons. The third-order valence-corrected chi connectivity index (χ3v) is 5.01. The van der Waals surface area contributed by atoms with E-state index in [0.29, 0.717) is 0 Å². The topological polar surface area (TPSA) is 45.7 Å². The van der Waals surface area contributed by atoms with E-state index in [1.165, 1.54) is 6.21 Å². The first kappa shape index (κ1) is 15.3. The van der Waals surface area contributed by atoms with Gasteiger partial charge in [0.15, 0.2) is 0 Å². The minimum Gasteiger partial charge on any atom is -0.467 e. The Balaban J connectivity index is 2.47. The summed E-state index contributed by atoms with van der Waals surface area (Å²) >= 11 is 0. The van der Waals surface area contributed by atoms with Crippen LogP contribution in [0, 0.1) is 6.92 Å². The Morgan fingerprint density at radius 1 is 1.19 bits per heavy atom. The van der Waals surface area contributed by atoms with E-state index in [0.717, 1.165) is 27.8 Å². The van der Waals surface area contributed by atoms with Gasteiger partial charge >= 0.3 is 0 Å². The molecule has 2 aromatic rings. The highest BCUT2D eigenvalue weighted by Crippen LogP contribution is 2.20. The number of aryl methyl sites for hydroxylation is 1. The van der Waals surface area contributed by atoms with Gasteiger partial charge in [-0.15, -0.1) is 0 Å². The van der Waals surface area contributed by atoms with Gasteiger partial charge in [0.25, 0.3) is 0 Å². The van der Waals surface area contributed by atoms with Crippen molar-refractivity contribution in [1.82, 2.24) is 0 Å². The van der Waals surface area contributed by atoms with Crippen molar-refractivity contribution in [2.45, 2.75) is 26.6 Å². The van der Waals surface area contributed by atoms with Crippen LogP contribution in [0.1, 0.15) is 16.9 Å². The molecule has 1 N–H and O–H groups in total. The van der Waals surface area contributed by atoms with Gasteiger partial charge in [0.1, 0.15) is 13.8 Å². The normalized spacial score (nSPS) is 13.0. The lowest BCUT2D eigenvalue weighted by Crippen LogP contribution is -2.36. The van der Waals surface area contributed by atoms with Crippen molar-refractivity contribution in [3.63, 3.8) is 0 Å². The van der Waals surface area contributed by atoms with Gasteiger partial charge in [-0.05, 0) is 30.2 Å². The molecule has 0 aliphatic heterocycles. The first-order valence-corrected chi connectivity index (χ1v) is 10.5. The summed E-state index contributed by atoms with van der Waals surface area (Å²) in [5.41, 5.74) is 2.91. The highest BCUT2D eigenvalue weighted by atomic mass is 28.3. The molecule has 0 spiro atoms. The summed E-state index contributed by atoms with van der Waals surface area (Å²) in [4.78, 5) is 0. The van der Waals surface area contributed by atoms with Crippen LogP contribution in [0.25, 0.3) is 11.6 Å². The number of furan rings is 1. The second-order valence-corrected chi connectivity index (χ2v) is 11.1. The quantitative estimate of drug-likeness (QED) is 0.399. The molecule has 0 saturated carbocycles. The van der Waals surface area contributed by atoms with Gasteiger partial charge in [-0.25, -0.2) is 0 Å². The largest absolute Gasteiger partial charge is 0.467 e. The fourth-order valence-corrected chi connectivity index (χ4v) is 3.10. The number of hydrogen-bond acceptors (Lipinski definition) is 3. The molecule has 0 bridgehead atoms. The summed E-state index contributed by atoms with van der Waals surface area (Å²) in [5.74, 6) is 0.825. The van der Waals surface area contributed by atoms with Gasteiger partial charge in [-0.1, -0.05) is 55.1 Å². The molecule has 0 aliphatic carbocycles. The van der Waals surface area contributed by atoms with Crippen LogP contribution in [-0.2, 0) is 0 Å². The maximum Gasteiger partial charge on any atom is 0.129 e. The van der Waals surface area contributed by atoms with E-state index < -0.39 is 8.07 Å². The molecule has 0 fully saturated rings. The highest BCUT2D eigenvalue weighted by Gasteiger charge is 2.22. The molecule has 0 atom stereocenters. The molecule has 1 aromatic carbocycles. The van der Waals surface area contributed by atoms with E-state index >= 15 is 0 Å². The summed E-state index contributed by atoms with van der Waals surface area (Å²) in [6.07, 6.45) is 3.36. The molecule has 110 valence electrons. The maximum atomic E-state index is 8.88. The second kappa shape index (κ2) is 6.14. The van der Waals surface area contributed by atoms with E-state index in [4.69, 9.17) is 9.62 Å². The van der Waals surface area contributed by atoms with Crippen LogP contribution in [0.3, 0.4) is 0 Å². The lowest BCUT2D eigenvalue weighted by Gasteiger charge is -2.10. The predicted octanol–water partition coefficient (Wildman–Crippen LogP) is 4.13. The predicted molar refractivity (Wildman–Crippen MR) is 91.0 cm³/mol. The monoisotopic (exact) mass is 299 g/mol. The Morgan fingerprint density at radius 3 is 2.38 bits per heavy atom. The van der Waals surface area contributed by atoms with E-state index in [1.807, 2.05) is 43.3 Å². The summed E-state index contributed by atoms with van der Waals surface area (Å²) in [5, 5.41) is 13.1. The molecule has 1 heterocycles. The minimum atomic E-state index is -1.47. The minimum absolute atomic E-state index is 0.817. The Kier molecular flexibility index (Phi) is 4.48. The number of nitrogens with zero attached hydrogens (tertiary/aromatic N) is 1. The molecule has 1 aromatic heterocycles. The van der Waals surface area contributed by atoms with Gasteiger partial charge < -0.3 is 9.62 Å². The fraction of sp³-hybridized carbons (Fsp3) is 0.235. The van der Waals surface area contributed by atoms with Crippen LogP contribution >= 0.6 is 0 Å². The third kappa shape index (κ3) is 3.73. The van der Waals surface area contributed by atoms with Crippen LogP contribution in [0.4, 0.5) is 0 Å². The molecule has 0 aliphatic rings.